The summed E-state index contributed by atoms with van der Waals surface area (Å²) in [7, 11) is 1.64. The number of carbonyl (C=O) groups is 1. The first-order valence-electron chi connectivity index (χ1n) is 11.0. The molecule has 1 amide bonds. The molecule has 1 aliphatic heterocycles. The molecule has 2 N–H and O–H groups in total. The molecule has 7 nitrogen and oxygen atoms in total. The van der Waals surface area contributed by atoms with E-state index in [4.69, 9.17) is 9.84 Å². The zero-order chi connectivity index (χ0) is 23.5. The summed E-state index contributed by atoms with van der Waals surface area (Å²) in [6.45, 7) is 8.08. The van der Waals surface area contributed by atoms with E-state index < -0.39 is 6.04 Å². The predicted molar refractivity (Wildman–Crippen MR) is 133 cm³/mol. The second-order valence-corrected chi connectivity index (χ2v) is 9.12. The molecule has 1 aliphatic rings. The topological polar surface area (TPSA) is 81.1 Å². The molecular weight excluding hydrogens is 434 g/mol. The van der Waals surface area contributed by atoms with Gasteiger partial charge in [0.15, 0.2) is 0 Å². The Kier molecular flexibility index (Phi) is 6.74. The lowest BCUT2D eigenvalue weighted by Gasteiger charge is -2.29. The van der Waals surface area contributed by atoms with Gasteiger partial charge in [-0.25, -0.2) is 4.68 Å². The smallest absolute Gasteiger partial charge is 0.255 e. The number of carbonyl (C=O) groups excluding carboxylic acids is 1. The van der Waals surface area contributed by atoms with Crippen LogP contribution in [0.15, 0.2) is 58.9 Å². The predicted octanol–water partition coefficient (Wildman–Crippen LogP) is 5.33. The summed E-state index contributed by atoms with van der Waals surface area (Å²) >= 11 is 1.61. The van der Waals surface area contributed by atoms with Crippen LogP contribution >= 0.6 is 11.8 Å². The lowest BCUT2D eigenvalue weighted by Crippen LogP contribution is -2.31. The molecule has 0 saturated carbocycles. The van der Waals surface area contributed by atoms with Gasteiger partial charge in [-0.2, -0.15) is 4.98 Å². The average molecular weight is 464 g/mol. The van der Waals surface area contributed by atoms with Crippen molar-refractivity contribution in [1.29, 1.82) is 0 Å². The van der Waals surface area contributed by atoms with Crippen LogP contribution in [0.1, 0.15) is 43.0 Å². The van der Waals surface area contributed by atoms with E-state index in [1.807, 2.05) is 63.2 Å². The van der Waals surface area contributed by atoms with Crippen LogP contribution in [0.25, 0.3) is 0 Å². The molecule has 1 aromatic heterocycles. The SMILES string of the molecule is CCCSc1nc2n(n1)C(c1cccc(OC)c1)C(C(=O)Nc1cccc(C)c1C)=C(C)N2. The third-order valence-corrected chi connectivity index (χ3v) is 6.82. The van der Waals surface area contributed by atoms with E-state index in [1.54, 1.807) is 23.6 Å². The van der Waals surface area contributed by atoms with Crippen LogP contribution in [-0.4, -0.2) is 33.5 Å². The Balaban J connectivity index is 1.78. The molecule has 1 atom stereocenters. The first kappa shape index (κ1) is 22.9. The first-order chi connectivity index (χ1) is 15.9. The van der Waals surface area contributed by atoms with Crippen LogP contribution < -0.4 is 15.4 Å². The van der Waals surface area contributed by atoms with Gasteiger partial charge in [0.05, 0.1) is 12.7 Å². The molecule has 0 bridgehead atoms. The fourth-order valence-electron chi connectivity index (χ4n) is 3.88. The summed E-state index contributed by atoms with van der Waals surface area (Å²) < 4.78 is 7.26. The van der Waals surface area contributed by atoms with Gasteiger partial charge in [-0.3, -0.25) is 4.79 Å². The summed E-state index contributed by atoms with van der Waals surface area (Å²) in [5.41, 5.74) is 5.21. The molecule has 0 aliphatic carbocycles. The molecule has 8 heteroatoms. The highest BCUT2D eigenvalue weighted by Crippen LogP contribution is 2.38. The standard InChI is InChI=1S/C25H29N5O2S/c1-6-13-33-25-28-24-26-17(4)21(23(31)27-20-12-7-9-15(2)16(20)3)22(30(24)29-25)18-10-8-11-19(14-18)32-5/h7-12,14,22H,6,13H2,1-5H3,(H,27,31)(H,26,28,29). The quantitative estimate of drug-likeness (QED) is 0.461. The van der Waals surface area contributed by atoms with Crippen molar-refractivity contribution in [2.45, 2.75) is 45.3 Å². The van der Waals surface area contributed by atoms with Crippen LogP contribution in [0.5, 0.6) is 5.75 Å². The van der Waals surface area contributed by atoms with Crippen molar-refractivity contribution in [1.82, 2.24) is 14.8 Å². The number of nitrogens with zero attached hydrogens (tertiary/aromatic N) is 3. The molecular formula is C25H29N5O2S. The van der Waals surface area contributed by atoms with Crippen LogP contribution in [0.2, 0.25) is 0 Å². The van der Waals surface area contributed by atoms with Crippen molar-refractivity contribution in [3.63, 3.8) is 0 Å². The maximum atomic E-state index is 13.7. The number of anilines is 2. The number of benzene rings is 2. The number of fused-ring (bicyclic) bond motifs is 1. The second-order valence-electron chi connectivity index (χ2n) is 8.06. The third kappa shape index (κ3) is 4.61. The van der Waals surface area contributed by atoms with Gasteiger partial charge in [0.25, 0.3) is 5.91 Å². The fourth-order valence-corrected chi connectivity index (χ4v) is 4.56. The minimum absolute atomic E-state index is 0.176. The van der Waals surface area contributed by atoms with Gasteiger partial charge in [-0.15, -0.1) is 5.10 Å². The number of ether oxygens (including phenoxy) is 1. The Morgan fingerprint density at radius 3 is 2.76 bits per heavy atom. The van der Waals surface area contributed by atoms with Crippen molar-refractivity contribution < 1.29 is 9.53 Å². The van der Waals surface area contributed by atoms with Crippen molar-refractivity contribution in [3.05, 3.63) is 70.4 Å². The number of amides is 1. The minimum Gasteiger partial charge on any atom is -0.497 e. The van der Waals surface area contributed by atoms with Crippen molar-refractivity contribution in [2.75, 3.05) is 23.5 Å². The summed E-state index contributed by atoms with van der Waals surface area (Å²) in [6.07, 6.45) is 1.03. The normalized spacial score (nSPS) is 15.1. The molecule has 33 heavy (non-hydrogen) atoms. The van der Waals surface area contributed by atoms with Crippen LogP contribution in [-0.2, 0) is 4.79 Å². The first-order valence-corrected chi connectivity index (χ1v) is 12.0. The molecule has 0 radical (unpaired) electrons. The van der Waals surface area contributed by atoms with Crippen LogP contribution in [0.4, 0.5) is 11.6 Å². The highest BCUT2D eigenvalue weighted by atomic mass is 32.2. The Morgan fingerprint density at radius 2 is 2.00 bits per heavy atom. The van der Waals surface area contributed by atoms with E-state index in [-0.39, 0.29) is 5.91 Å². The monoisotopic (exact) mass is 463 g/mol. The Hall–Kier alpha value is -3.26. The average Bonchev–Trinajstić information content (AvgIpc) is 3.21. The molecule has 2 aromatic carbocycles. The Bertz CT molecular complexity index is 1220. The van der Waals surface area contributed by atoms with Gasteiger partial charge < -0.3 is 15.4 Å². The molecule has 0 fully saturated rings. The number of aryl methyl sites for hydroxylation is 1. The summed E-state index contributed by atoms with van der Waals surface area (Å²) in [5, 5.41) is 11.9. The van der Waals surface area contributed by atoms with Gasteiger partial charge in [-0.05, 0) is 62.1 Å². The van der Waals surface area contributed by atoms with Gasteiger partial charge >= 0.3 is 0 Å². The van der Waals surface area contributed by atoms with E-state index in [0.29, 0.717) is 16.7 Å². The summed E-state index contributed by atoms with van der Waals surface area (Å²) in [4.78, 5) is 18.3. The van der Waals surface area contributed by atoms with Crippen molar-refractivity contribution in [2.24, 2.45) is 0 Å². The van der Waals surface area contributed by atoms with Gasteiger partial charge in [0, 0.05) is 17.1 Å². The minimum atomic E-state index is -0.440. The zero-order valence-electron chi connectivity index (χ0n) is 19.6. The maximum Gasteiger partial charge on any atom is 0.255 e. The summed E-state index contributed by atoms with van der Waals surface area (Å²) in [5.74, 6) is 2.10. The van der Waals surface area contributed by atoms with Gasteiger partial charge in [-0.1, -0.05) is 43.0 Å². The second kappa shape index (κ2) is 9.70. The molecule has 3 aromatic rings. The van der Waals surface area contributed by atoms with Crippen LogP contribution in [0, 0.1) is 13.8 Å². The van der Waals surface area contributed by atoms with E-state index in [9.17, 15) is 4.79 Å². The number of aromatic nitrogens is 3. The Labute approximate surface area is 198 Å². The zero-order valence-corrected chi connectivity index (χ0v) is 20.4. The van der Waals surface area contributed by atoms with E-state index in [2.05, 4.69) is 22.5 Å². The van der Waals surface area contributed by atoms with E-state index in [1.165, 1.54) is 0 Å². The van der Waals surface area contributed by atoms with Gasteiger partial charge in [0.2, 0.25) is 11.1 Å². The van der Waals surface area contributed by atoms with E-state index in [0.717, 1.165) is 46.0 Å². The largest absolute Gasteiger partial charge is 0.497 e. The number of rotatable bonds is 7. The molecule has 0 saturated heterocycles. The van der Waals surface area contributed by atoms with Crippen molar-refractivity contribution >= 4 is 29.3 Å². The molecule has 172 valence electrons. The molecule has 0 spiro atoms. The molecule has 4 rings (SSSR count). The molecule has 2 heterocycles. The maximum absolute atomic E-state index is 13.7. The van der Waals surface area contributed by atoms with Crippen LogP contribution in [0.3, 0.4) is 0 Å². The number of thioether (sulfide) groups is 1. The number of hydrogen-bond acceptors (Lipinski definition) is 6. The number of nitrogens with one attached hydrogen (secondary N) is 2. The van der Waals surface area contributed by atoms with Crippen molar-refractivity contribution in [3.8, 4) is 5.75 Å². The Morgan fingerprint density at radius 1 is 1.21 bits per heavy atom. The highest BCUT2D eigenvalue weighted by Gasteiger charge is 2.34. The number of allylic oxidation sites excluding steroid dienone is 1. The lowest BCUT2D eigenvalue weighted by atomic mass is 9.94. The number of hydrogen-bond donors (Lipinski definition) is 2. The third-order valence-electron chi connectivity index (χ3n) is 5.78. The lowest BCUT2D eigenvalue weighted by molar-refractivity contribution is -0.113. The fraction of sp³-hybridized carbons (Fsp3) is 0.320. The summed E-state index contributed by atoms with van der Waals surface area (Å²) in [6, 6.07) is 13.2. The molecule has 1 unspecified atom stereocenters. The van der Waals surface area contributed by atoms with Gasteiger partial charge in [0.1, 0.15) is 11.8 Å². The highest BCUT2D eigenvalue weighted by molar-refractivity contribution is 7.99. The van der Waals surface area contributed by atoms with E-state index >= 15 is 0 Å². The number of methoxy groups -OCH3 is 1.